The predicted octanol–water partition coefficient (Wildman–Crippen LogP) is 2.91. The van der Waals surface area contributed by atoms with Crippen molar-refractivity contribution in [2.45, 2.75) is 45.7 Å². The minimum absolute atomic E-state index is 0.418. The molecule has 1 aromatic heterocycles. The summed E-state index contributed by atoms with van der Waals surface area (Å²) in [4.78, 5) is 8.13. The molecule has 18 heavy (non-hydrogen) atoms. The summed E-state index contributed by atoms with van der Waals surface area (Å²) in [5, 5.41) is 3.67. The van der Waals surface area contributed by atoms with Crippen LogP contribution in [0.3, 0.4) is 0 Å². The monoisotopic (exact) mass is 267 g/mol. The summed E-state index contributed by atoms with van der Waals surface area (Å²) >= 11 is 1.74. The Balaban J connectivity index is 1.85. The van der Waals surface area contributed by atoms with Crippen molar-refractivity contribution in [3.05, 3.63) is 16.6 Å². The van der Waals surface area contributed by atoms with Crippen molar-refractivity contribution in [1.29, 1.82) is 0 Å². The maximum absolute atomic E-state index is 4.15. The number of aromatic nitrogens is 1. The van der Waals surface area contributed by atoms with Crippen LogP contribution in [0.15, 0.2) is 11.7 Å². The standard InChI is InChI=1S/C14H25N3S/c1-11(2)13(17-6-4-5-7-17)8-16-12(3)14-9-15-10-18-14/h9-13,16H,4-8H2,1-3H3. The van der Waals surface area contributed by atoms with Gasteiger partial charge in [-0.25, -0.2) is 0 Å². The largest absolute Gasteiger partial charge is 0.308 e. The van der Waals surface area contributed by atoms with Crippen LogP contribution in [0, 0.1) is 5.92 Å². The van der Waals surface area contributed by atoms with Crippen molar-refractivity contribution in [2.24, 2.45) is 5.92 Å². The molecule has 0 amide bonds. The average molecular weight is 267 g/mol. The molecular weight excluding hydrogens is 242 g/mol. The molecule has 3 nitrogen and oxygen atoms in total. The molecule has 0 radical (unpaired) electrons. The van der Waals surface area contributed by atoms with Gasteiger partial charge in [0.2, 0.25) is 0 Å². The highest BCUT2D eigenvalue weighted by Gasteiger charge is 2.24. The van der Waals surface area contributed by atoms with Crippen LogP contribution in [0.2, 0.25) is 0 Å². The van der Waals surface area contributed by atoms with Crippen molar-refractivity contribution < 1.29 is 0 Å². The van der Waals surface area contributed by atoms with E-state index >= 15 is 0 Å². The average Bonchev–Trinajstić information content (AvgIpc) is 3.01. The third-order valence-corrected chi connectivity index (χ3v) is 4.85. The number of thiazole rings is 1. The summed E-state index contributed by atoms with van der Waals surface area (Å²) in [5.41, 5.74) is 1.91. The Morgan fingerprint density at radius 3 is 2.61 bits per heavy atom. The fourth-order valence-corrected chi connectivity index (χ4v) is 3.35. The zero-order chi connectivity index (χ0) is 13.0. The molecule has 2 heterocycles. The van der Waals surface area contributed by atoms with E-state index in [9.17, 15) is 0 Å². The number of nitrogens with zero attached hydrogens (tertiary/aromatic N) is 2. The molecule has 0 saturated carbocycles. The van der Waals surface area contributed by atoms with Crippen LogP contribution in [-0.2, 0) is 0 Å². The molecular formula is C14H25N3S. The van der Waals surface area contributed by atoms with E-state index in [2.05, 4.69) is 36.0 Å². The molecule has 0 aromatic carbocycles. The van der Waals surface area contributed by atoms with Crippen LogP contribution < -0.4 is 5.32 Å². The van der Waals surface area contributed by atoms with Crippen molar-refractivity contribution in [2.75, 3.05) is 19.6 Å². The van der Waals surface area contributed by atoms with Crippen molar-refractivity contribution in [1.82, 2.24) is 15.2 Å². The molecule has 1 N–H and O–H groups in total. The first-order valence-corrected chi connectivity index (χ1v) is 7.92. The zero-order valence-corrected chi connectivity index (χ0v) is 12.5. The van der Waals surface area contributed by atoms with Crippen LogP contribution in [0.1, 0.15) is 44.5 Å². The highest BCUT2D eigenvalue weighted by molar-refractivity contribution is 7.09. The molecule has 1 aliphatic rings. The van der Waals surface area contributed by atoms with Gasteiger partial charge in [-0.3, -0.25) is 9.88 Å². The number of nitrogens with one attached hydrogen (secondary N) is 1. The minimum atomic E-state index is 0.418. The molecule has 1 aromatic rings. The molecule has 4 heteroatoms. The molecule has 2 atom stereocenters. The van der Waals surface area contributed by atoms with Gasteiger partial charge in [0.15, 0.2) is 0 Å². The van der Waals surface area contributed by atoms with Crippen LogP contribution in [0.5, 0.6) is 0 Å². The van der Waals surface area contributed by atoms with E-state index in [4.69, 9.17) is 0 Å². The lowest BCUT2D eigenvalue weighted by Gasteiger charge is -2.32. The SMILES string of the molecule is CC(NCC(C(C)C)N1CCCC1)c1cncs1. The number of likely N-dealkylation sites (tertiary alicyclic amines) is 1. The first kappa shape index (κ1) is 14.0. The highest BCUT2D eigenvalue weighted by Crippen LogP contribution is 2.20. The fourth-order valence-electron chi connectivity index (χ4n) is 2.70. The molecule has 2 unspecified atom stereocenters. The highest BCUT2D eigenvalue weighted by atomic mass is 32.1. The maximum atomic E-state index is 4.15. The van der Waals surface area contributed by atoms with Gasteiger partial charge in [0.25, 0.3) is 0 Å². The molecule has 1 fully saturated rings. The lowest BCUT2D eigenvalue weighted by atomic mass is 10.0. The van der Waals surface area contributed by atoms with Gasteiger partial charge in [-0.05, 0) is 38.8 Å². The second kappa shape index (κ2) is 6.64. The summed E-state index contributed by atoms with van der Waals surface area (Å²) in [7, 11) is 0. The van der Waals surface area contributed by atoms with Gasteiger partial charge in [0.1, 0.15) is 0 Å². The zero-order valence-electron chi connectivity index (χ0n) is 11.7. The molecule has 2 rings (SSSR count). The lowest BCUT2D eigenvalue weighted by molar-refractivity contribution is 0.183. The second-order valence-corrected chi connectivity index (χ2v) is 6.51. The van der Waals surface area contributed by atoms with Crippen LogP contribution >= 0.6 is 11.3 Å². The van der Waals surface area contributed by atoms with Crippen molar-refractivity contribution in [3.8, 4) is 0 Å². The van der Waals surface area contributed by atoms with E-state index in [0.717, 1.165) is 6.54 Å². The Kier molecular flexibility index (Phi) is 5.15. The minimum Gasteiger partial charge on any atom is -0.308 e. The Morgan fingerprint density at radius 1 is 1.33 bits per heavy atom. The smallest absolute Gasteiger partial charge is 0.0794 e. The van der Waals surface area contributed by atoms with E-state index in [-0.39, 0.29) is 0 Å². The fraction of sp³-hybridized carbons (Fsp3) is 0.786. The van der Waals surface area contributed by atoms with Gasteiger partial charge < -0.3 is 5.32 Å². The number of hydrogen-bond donors (Lipinski definition) is 1. The Hall–Kier alpha value is -0.450. The van der Waals surface area contributed by atoms with Gasteiger partial charge >= 0.3 is 0 Å². The van der Waals surface area contributed by atoms with E-state index in [1.165, 1.54) is 30.8 Å². The lowest BCUT2D eigenvalue weighted by Crippen LogP contribution is -2.44. The summed E-state index contributed by atoms with van der Waals surface area (Å²) in [5.74, 6) is 0.712. The molecule has 1 saturated heterocycles. The Morgan fingerprint density at radius 2 is 2.06 bits per heavy atom. The third-order valence-electron chi connectivity index (χ3n) is 3.89. The number of rotatable bonds is 6. The third kappa shape index (κ3) is 3.53. The number of hydrogen-bond acceptors (Lipinski definition) is 4. The van der Waals surface area contributed by atoms with Crippen LogP contribution in [-0.4, -0.2) is 35.6 Å². The van der Waals surface area contributed by atoms with E-state index in [1.54, 1.807) is 11.3 Å². The van der Waals surface area contributed by atoms with Gasteiger partial charge in [0.05, 0.1) is 5.51 Å². The first-order chi connectivity index (χ1) is 8.68. The summed E-state index contributed by atoms with van der Waals surface area (Å²) < 4.78 is 0. The molecule has 1 aliphatic heterocycles. The molecule has 0 spiro atoms. The molecule has 0 bridgehead atoms. The van der Waals surface area contributed by atoms with Crippen LogP contribution in [0.25, 0.3) is 0 Å². The second-order valence-electron chi connectivity index (χ2n) is 5.59. The summed E-state index contributed by atoms with van der Waals surface area (Å²) in [6.45, 7) is 10.5. The Labute approximate surface area is 115 Å². The normalized spacial score (nSPS) is 20.4. The van der Waals surface area contributed by atoms with Crippen molar-refractivity contribution >= 4 is 11.3 Å². The summed E-state index contributed by atoms with van der Waals surface area (Å²) in [6.07, 6.45) is 4.71. The van der Waals surface area contributed by atoms with Crippen molar-refractivity contribution in [3.63, 3.8) is 0 Å². The van der Waals surface area contributed by atoms with E-state index < -0.39 is 0 Å². The molecule has 102 valence electrons. The van der Waals surface area contributed by atoms with Gasteiger partial charge in [-0.2, -0.15) is 0 Å². The van der Waals surface area contributed by atoms with E-state index in [1.807, 2.05) is 11.7 Å². The first-order valence-electron chi connectivity index (χ1n) is 7.04. The van der Waals surface area contributed by atoms with E-state index in [0.29, 0.717) is 18.0 Å². The topological polar surface area (TPSA) is 28.2 Å². The predicted molar refractivity (Wildman–Crippen MR) is 78.0 cm³/mol. The molecule has 0 aliphatic carbocycles. The van der Waals surface area contributed by atoms with Crippen LogP contribution in [0.4, 0.5) is 0 Å². The maximum Gasteiger partial charge on any atom is 0.0794 e. The van der Waals surface area contributed by atoms with Gasteiger partial charge in [-0.15, -0.1) is 11.3 Å². The van der Waals surface area contributed by atoms with Gasteiger partial charge in [-0.1, -0.05) is 13.8 Å². The van der Waals surface area contributed by atoms with Gasteiger partial charge in [0, 0.05) is 29.7 Å². The Bertz CT molecular complexity index is 331. The quantitative estimate of drug-likeness (QED) is 0.859. The summed E-state index contributed by atoms with van der Waals surface area (Å²) in [6, 6.07) is 1.09.